The Labute approximate surface area is 129 Å². The van der Waals surface area contributed by atoms with Crippen molar-refractivity contribution in [2.45, 2.75) is 37.6 Å². The van der Waals surface area contributed by atoms with Crippen molar-refractivity contribution in [3.63, 3.8) is 0 Å². The fourth-order valence-corrected chi connectivity index (χ4v) is 3.42. The molecule has 3 atom stereocenters. The van der Waals surface area contributed by atoms with E-state index in [0.29, 0.717) is 32.7 Å². The van der Waals surface area contributed by atoms with E-state index >= 15 is 0 Å². The molecule has 0 aromatic carbocycles. The molecule has 0 unspecified atom stereocenters. The molecule has 0 aliphatic carbocycles. The third-order valence-electron chi connectivity index (χ3n) is 4.70. The Morgan fingerprint density at radius 3 is 3.00 bits per heavy atom. The summed E-state index contributed by atoms with van der Waals surface area (Å²) in [6.45, 7) is 2.30. The number of aryl methyl sites for hydroxylation is 1. The Hall–Kier alpha value is -1.47. The number of carbonyl (C=O) groups excluding carboxylic acids is 1. The highest BCUT2D eigenvalue weighted by Gasteiger charge is 2.37. The second kappa shape index (κ2) is 6.34. The zero-order valence-corrected chi connectivity index (χ0v) is 13.1. The normalized spacial score (nSPS) is 29.5. The summed E-state index contributed by atoms with van der Waals surface area (Å²) in [5, 5.41) is 4.16. The minimum atomic E-state index is -0.804. The molecule has 0 spiro atoms. The SMILES string of the molecule is CN(C[C@@H]1C[C@H](F)CN1Cc1ccnn1C)[C@H]1CCOC1=O. The monoisotopic (exact) mass is 310 g/mol. The molecule has 6 nitrogen and oxygen atoms in total. The molecule has 0 radical (unpaired) electrons. The zero-order valence-electron chi connectivity index (χ0n) is 13.1. The lowest BCUT2D eigenvalue weighted by Crippen LogP contribution is -2.44. The van der Waals surface area contributed by atoms with Crippen LogP contribution < -0.4 is 0 Å². The molecule has 0 saturated carbocycles. The predicted octanol–water partition coefficient (Wildman–Crippen LogP) is 0.580. The number of nitrogens with zero attached hydrogens (tertiary/aromatic N) is 4. The van der Waals surface area contributed by atoms with Gasteiger partial charge in [0.25, 0.3) is 0 Å². The topological polar surface area (TPSA) is 50.6 Å². The van der Waals surface area contributed by atoms with Crippen LogP contribution in [0.1, 0.15) is 18.5 Å². The predicted molar refractivity (Wildman–Crippen MR) is 78.9 cm³/mol. The van der Waals surface area contributed by atoms with Crippen LogP contribution >= 0.6 is 0 Å². The van der Waals surface area contributed by atoms with Crippen LogP contribution in [0.5, 0.6) is 0 Å². The average Bonchev–Trinajstić information content (AvgIpc) is 3.14. The molecule has 2 aliphatic heterocycles. The van der Waals surface area contributed by atoms with E-state index in [4.69, 9.17) is 4.74 Å². The van der Waals surface area contributed by atoms with Gasteiger partial charge in [-0.3, -0.25) is 19.3 Å². The first kappa shape index (κ1) is 15.4. The molecular formula is C15H23FN4O2. The smallest absolute Gasteiger partial charge is 0.323 e. The quantitative estimate of drug-likeness (QED) is 0.745. The summed E-state index contributed by atoms with van der Waals surface area (Å²) in [5.74, 6) is -0.157. The van der Waals surface area contributed by atoms with Crippen molar-refractivity contribution in [1.82, 2.24) is 19.6 Å². The standard InChI is InChI=1S/C15H23FN4O2/c1-18(14-4-6-22-15(14)21)9-13-7-11(16)8-20(13)10-12-3-5-17-19(12)2/h3,5,11,13-14H,4,6-10H2,1-2H3/t11-,13-,14-/m0/s1. The van der Waals surface area contributed by atoms with Crippen LogP contribution in [0.25, 0.3) is 0 Å². The van der Waals surface area contributed by atoms with Crippen molar-refractivity contribution < 1.29 is 13.9 Å². The van der Waals surface area contributed by atoms with Gasteiger partial charge in [-0.15, -0.1) is 0 Å². The van der Waals surface area contributed by atoms with Crippen LogP contribution in [-0.4, -0.2) is 70.5 Å². The largest absolute Gasteiger partial charge is 0.464 e. The van der Waals surface area contributed by atoms with E-state index in [9.17, 15) is 9.18 Å². The molecule has 2 fully saturated rings. The van der Waals surface area contributed by atoms with Crippen molar-refractivity contribution in [2.75, 3.05) is 26.7 Å². The number of cyclic esters (lactones) is 1. The lowest BCUT2D eigenvalue weighted by molar-refractivity contribution is -0.142. The number of likely N-dealkylation sites (N-methyl/N-ethyl adjacent to an activating group) is 1. The van der Waals surface area contributed by atoms with Crippen molar-refractivity contribution in [2.24, 2.45) is 7.05 Å². The van der Waals surface area contributed by atoms with Gasteiger partial charge in [0.2, 0.25) is 0 Å². The lowest BCUT2D eigenvalue weighted by Gasteiger charge is -2.30. The summed E-state index contributed by atoms with van der Waals surface area (Å²) in [5.41, 5.74) is 1.07. The maximum absolute atomic E-state index is 13.9. The van der Waals surface area contributed by atoms with E-state index in [0.717, 1.165) is 12.1 Å². The van der Waals surface area contributed by atoms with Gasteiger partial charge in [-0.25, -0.2) is 4.39 Å². The van der Waals surface area contributed by atoms with Gasteiger partial charge < -0.3 is 4.74 Å². The Kier molecular flexibility index (Phi) is 4.44. The van der Waals surface area contributed by atoms with Gasteiger partial charge >= 0.3 is 5.97 Å². The van der Waals surface area contributed by atoms with Gasteiger partial charge in [0.1, 0.15) is 12.2 Å². The van der Waals surface area contributed by atoms with Gasteiger partial charge in [-0.2, -0.15) is 5.10 Å². The van der Waals surface area contributed by atoms with Crippen molar-refractivity contribution in [3.8, 4) is 0 Å². The van der Waals surface area contributed by atoms with Gasteiger partial charge in [0.15, 0.2) is 0 Å². The molecule has 0 N–H and O–H groups in total. The average molecular weight is 310 g/mol. The second-order valence-corrected chi connectivity index (χ2v) is 6.27. The first-order valence-electron chi connectivity index (χ1n) is 7.76. The molecule has 1 aromatic rings. The van der Waals surface area contributed by atoms with E-state index in [-0.39, 0.29) is 18.1 Å². The number of carbonyl (C=O) groups is 1. The molecule has 0 bridgehead atoms. The van der Waals surface area contributed by atoms with Crippen LogP contribution in [0.15, 0.2) is 12.3 Å². The molecule has 7 heteroatoms. The number of halogens is 1. The highest BCUT2D eigenvalue weighted by molar-refractivity contribution is 5.77. The van der Waals surface area contributed by atoms with E-state index < -0.39 is 6.17 Å². The lowest BCUT2D eigenvalue weighted by atomic mass is 10.1. The summed E-state index contributed by atoms with van der Waals surface area (Å²) >= 11 is 0. The van der Waals surface area contributed by atoms with Crippen LogP contribution in [0.2, 0.25) is 0 Å². The van der Waals surface area contributed by atoms with E-state index in [2.05, 4.69) is 10.00 Å². The summed E-state index contributed by atoms with van der Waals surface area (Å²) < 4.78 is 20.7. The Morgan fingerprint density at radius 1 is 1.55 bits per heavy atom. The molecular weight excluding hydrogens is 287 g/mol. The Bertz CT molecular complexity index is 535. The minimum absolute atomic E-state index is 0.114. The number of esters is 1. The summed E-state index contributed by atoms with van der Waals surface area (Å²) in [7, 11) is 3.82. The number of hydrogen-bond donors (Lipinski definition) is 0. The van der Waals surface area contributed by atoms with Crippen molar-refractivity contribution in [1.29, 1.82) is 0 Å². The maximum Gasteiger partial charge on any atom is 0.323 e. The first-order chi connectivity index (χ1) is 10.5. The molecule has 3 rings (SSSR count). The van der Waals surface area contributed by atoms with Crippen molar-refractivity contribution in [3.05, 3.63) is 18.0 Å². The van der Waals surface area contributed by atoms with Crippen LogP contribution in [0, 0.1) is 0 Å². The summed E-state index contributed by atoms with van der Waals surface area (Å²) in [6, 6.07) is 1.89. The Balaban J connectivity index is 1.63. The molecule has 2 aliphatic rings. The molecule has 0 amide bonds. The summed E-state index contributed by atoms with van der Waals surface area (Å²) in [4.78, 5) is 15.8. The van der Waals surface area contributed by atoms with E-state index in [1.165, 1.54) is 0 Å². The fraction of sp³-hybridized carbons (Fsp3) is 0.733. The molecule has 1 aromatic heterocycles. The fourth-order valence-electron chi connectivity index (χ4n) is 3.42. The third kappa shape index (κ3) is 3.15. The maximum atomic E-state index is 13.9. The Morgan fingerprint density at radius 2 is 2.36 bits per heavy atom. The third-order valence-corrected chi connectivity index (χ3v) is 4.70. The second-order valence-electron chi connectivity index (χ2n) is 6.27. The number of aromatic nitrogens is 2. The van der Waals surface area contributed by atoms with Gasteiger partial charge in [-0.05, 0) is 19.5 Å². The number of ether oxygens (including phenoxy) is 1. The molecule has 3 heterocycles. The number of alkyl halides is 1. The van der Waals surface area contributed by atoms with Crippen LogP contribution in [0.4, 0.5) is 4.39 Å². The highest BCUT2D eigenvalue weighted by Crippen LogP contribution is 2.24. The number of rotatable bonds is 5. The van der Waals surface area contributed by atoms with Crippen molar-refractivity contribution >= 4 is 5.97 Å². The number of hydrogen-bond acceptors (Lipinski definition) is 5. The number of likely N-dealkylation sites (tertiary alicyclic amines) is 1. The molecule has 22 heavy (non-hydrogen) atoms. The molecule has 122 valence electrons. The minimum Gasteiger partial charge on any atom is -0.464 e. The molecule has 2 saturated heterocycles. The first-order valence-corrected chi connectivity index (χ1v) is 7.76. The zero-order chi connectivity index (χ0) is 15.7. The van der Waals surface area contributed by atoms with Gasteiger partial charge in [-0.1, -0.05) is 0 Å². The van der Waals surface area contributed by atoms with Crippen LogP contribution in [-0.2, 0) is 23.1 Å². The van der Waals surface area contributed by atoms with Gasteiger partial charge in [0, 0.05) is 45.3 Å². The van der Waals surface area contributed by atoms with Gasteiger partial charge in [0.05, 0.1) is 12.3 Å². The van der Waals surface area contributed by atoms with Crippen LogP contribution in [0.3, 0.4) is 0 Å². The van der Waals surface area contributed by atoms with E-state index in [1.807, 2.05) is 29.7 Å². The highest BCUT2D eigenvalue weighted by atomic mass is 19.1. The van der Waals surface area contributed by atoms with E-state index in [1.54, 1.807) is 6.20 Å². The summed E-state index contributed by atoms with van der Waals surface area (Å²) in [6.07, 6.45) is 2.20.